The summed E-state index contributed by atoms with van der Waals surface area (Å²) in [6, 6.07) is 0. The first-order valence-corrected chi connectivity index (χ1v) is 13.1. The maximum Gasteiger partial charge on any atom is 0.246 e. The Morgan fingerprint density at radius 3 is 1.81 bits per heavy atom. The van der Waals surface area contributed by atoms with Gasteiger partial charge in [-0.25, -0.2) is 0 Å². The van der Waals surface area contributed by atoms with Crippen molar-refractivity contribution in [1.82, 2.24) is 26.6 Å². The minimum atomic E-state index is -0.0839. The summed E-state index contributed by atoms with van der Waals surface area (Å²) in [7, 11) is 0. The predicted octanol–water partition coefficient (Wildman–Crippen LogP) is -0.576. The summed E-state index contributed by atoms with van der Waals surface area (Å²) in [5.41, 5.74) is 11.0. The highest BCUT2D eigenvalue weighted by atomic mass is 32.1. The number of nitrogens with two attached hydrogens (primary N) is 2. The summed E-state index contributed by atoms with van der Waals surface area (Å²) in [5.74, 6) is 0.544. The number of ether oxygens (including phenoxy) is 1. The summed E-state index contributed by atoms with van der Waals surface area (Å²) < 4.78 is 5.87. The summed E-state index contributed by atoms with van der Waals surface area (Å²) in [6.07, 6.45) is 7.47. The third kappa shape index (κ3) is 24.2. The summed E-state index contributed by atoms with van der Waals surface area (Å²) >= 11 is 4.11. The summed E-state index contributed by atoms with van der Waals surface area (Å²) in [5, 5.41) is 16.6. The Morgan fingerprint density at radius 1 is 0.719 bits per heavy atom. The van der Waals surface area contributed by atoms with Crippen molar-refractivity contribution in [2.45, 2.75) is 51.0 Å². The van der Waals surface area contributed by atoms with E-state index in [-0.39, 0.29) is 18.6 Å². The molecule has 0 aromatic carbocycles. The Labute approximate surface area is 201 Å². The molecular formula is C22H51N7O2S. The number of carbonyl (C=O) groups excluding carboxylic acids is 1. The van der Waals surface area contributed by atoms with E-state index in [0.29, 0.717) is 12.3 Å². The monoisotopic (exact) mass is 477 g/mol. The van der Waals surface area contributed by atoms with Crippen molar-refractivity contribution in [3.63, 3.8) is 0 Å². The van der Waals surface area contributed by atoms with Crippen LogP contribution in [0, 0.1) is 0 Å². The second-order valence-electron chi connectivity index (χ2n) is 7.95. The second kappa shape index (κ2) is 26.8. The summed E-state index contributed by atoms with van der Waals surface area (Å²) in [6.45, 7) is 9.80. The van der Waals surface area contributed by atoms with Crippen molar-refractivity contribution in [2.75, 3.05) is 84.4 Å². The minimum Gasteiger partial charge on any atom is -0.367 e. The molecule has 1 amide bonds. The molecular weight excluding hydrogens is 426 g/mol. The van der Waals surface area contributed by atoms with Crippen LogP contribution in [0.2, 0.25) is 0 Å². The molecule has 32 heavy (non-hydrogen) atoms. The van der Waals surface area contributed by atoms with E-state index in [0.717, 1.165) is 110 Å². The molecule has 192 valence electrons. The molecule has 0 aromatic rings. The minimum absolute atomic E-state index is 0.0103. The van der Waals surface area contributed by atoms with Gasteiger partial charge in [0.15, 0.2) is 0 Å². The van der Waals surface area contributed by atoms with Crippen LogP contribution in [0.1, 0.15) is 44.9 Å². The Bertz CT molecular complexity index is 395. The van der Waals surface area contributed by atoms with Crippen LogP contribution in [-0.2, 0) is 9.53 Å². The van der Waals surface area contributed by atoms with Crippen LogP contribution in [0.15, 0.2) is 0 Å². The standard InChI is InChI=1S/C22H51N7O2S/c23-8-1-3-10-25-12-5-14-27-16-7-21(31-20-22(30)29-17-18-32)19-28-15-6-13-26-11-4-2-9-24/h21,25-28,32H,1-20,23-24H2,(H,29,30). The number of rotatable bonds is 26. The fraction of sp³-hybridized carbons (Fsp3) is 0.955. The second-order valence-corrected chi connectivity index (χ2v) is 8.40. The van der Waals surface area contributed by atoms with Gasteiger partial charge in [-0.2, -0.15) is 12.6 Å². The van der Waals surface area contributed by atoms with Crippen LogP contribution < -0.4 is 38.1 Å². The quantitative estimate of drug-likeness (QED) is 0.0612. The highest BCUT2D eigenvalue weighted by molar-refractivity contribution is 7.80. The lowest BCUT2D eigenvalue weighted by atomic mass is 10.2. The topological polar surface area (TPSA) is 138 Å². The van der Waals surface area contributed by atoms with Gasteiger partial charge in [0.1, 0.15) is 6.61 Å². The van der Waals surface area contributed by atoms with Crippen molar-refractivity contribution in [1.29, 1.82) is 0 Å². The SMILES string of the molecule is NCCCCNCCCNCCC(CNCCCNCCCCN)OCC(=O)NCCS. The normalized spacial score (nSPS) is 12.2. The predicted molar refractivity (Wildman–Crippen MR) is 139 cm³/mol. The van der Waals surface area contributed by atoms with E-state index in [4.69, 9.17) is 16.2 Å². The van der Waals surface area contributed by atoms with Crippen LogP contribution in [-0.4, -0.2) is 96.4 Å². The van der Waals surface area contributed by atoms with E-state index in [1.807, 2.05) is 0 Å². The number of hydrogen-bond acceptors (Lipinski definition) is 9. The number of nitrogens with one attached hydrogen (secondary N) is 5. The van der Waals surface area contributed by atoms with Gasteiger partial charge in [0, 0.05) is 18.8 Å². The molecule has 9 N–H and O–H groups in total. The number of unbranched alkanes of at least 4 members (excludes halogenated alkanes) is 2. The highest BCUT2D eigenvalue weighted by Gasteiger charge is 2.11. The molecule has 1 atom stereocenters. The lowest BCUT2D eigenvalue weighted by molar-refractivity contribution is -0.127. The van der Waals surface area contributed by atoms with Gasteiger partial charge in [-0.15, -0.1) is 0 Å². The van der Waals surface area contributed by atoms with Crippen molar-refractivity contribution < 1.29 is 9.53 Å². The van der Waals surface area contributed by atoms with Gasteiger partial charge in [0.2, 0.25) is 5.91 Å². The van der Waals surface area contributed by atoms with Crippen LogP contribution in [0.25, 0.3) is 0 Å². The molecule has 0 spiro atoms. The van der Waals surface area contributed by atoms with Gasteiger partial charge in [0.25, 0.3) is 0 Å². The Morgan fingerprint density at radius 2 is 1.25 bits per heavy atom. The number of thiol groups is 1. The van der Waals surface area contributed by atoms with E-state index < -0.39 is 0 Å². The lowest BCUT2D eigenvalue weighted by Crippen LogP contribution is -2.37. The molecule has 0 aliphatic heterocycles. The maximum absolute atomic E-state index is 11.8. The zero-order valence-electron chi connectivity index (χ0n) is 20.1. The van der Waals surface area contributed by atoms with E-state index >= 15 is 0 Å². The van der Waals surface area contributed by atoms with Crippen molar-refractivity contribution in [2.24, 2.45) is 11.5 Å². The fourth-order valence-corrected chi connectivity index (χ4v) is 3.16. The van der Waals surface area contributed by atoms with Crippen molar-refractivity contribution in [3.05, 3.63) is 0 Å². The van der Waals surface area contributed by atoms with Crippen LogP contribution in [0.3, 0.4) is 0 Å². The number of carbonyl (C=O) groups is 1. The maximum atomic E-state index is 11.8. The lowest BCUT2D eigenvalue weighted by Gasteiger charge is -2.19. The molecule has 10 heteroatoms. The number of amides is 1. The molecule has 0 saturated carbocycles. The zero-order valence-corrected chi connectivity index (χ0v) is 21.0. The van der Waals surface area contributed by atoms with Crippen LogP contribution in [0.4, 0.5) is 0 Å². The molecule has 0 aromatic heterocycles. The van der Waals surface area contributed by atoms with Crippen molar-refractivity contribution >= 4 is 18.5 Å². The van der Waals surface area contributed by atoms with E-state index in [1.54, 1.807) is 0 Å². The number of hydrogen-bond donors (Lipinski definition) is 8. The van der Waals surface area contributed by atoms with Gasteiger partial charge >= 0.3 is 0 Å². The molecule has 0 bridgehead atoms. The van der Waals surface area contributed by atoms with E-state index in [1.165, 1.54) is 0 Å². The first-order valence-electron chi connectivity index (χ1n) is 12.5. The zero-order chi connectivity index (χ0) is 23.5. The largest absolute Gasteiger partial charge is 0.367 e. The molecule has 0 aliphatic carbocycles. The smallest absolute Gasteiger partial charge is 0.246 e. The molecule has 0 saturated heterocycles. The Kier molecular flexibility index (Phi) is 26.4. The van der Waals surface area contributed by atoms with Crippen LogP contribution in [0.5, 0.6) is 0 Å². The fourth-order valence-electron chi connectivity index (χ4n) is 3.05. The van der Waals surface area contributed by atoms with E-state index in [2.05, 4.69) is 39.2 Å². The Hall–Kier alpha value is -0.460. The van der Waals surface area contributed by atoms with Crippen molar-refractivity contribution in [3.8, 4) is 0 Å². The molecule has 9 nitrogen and oxygen atoms in total. The first kappa shape index (κ1) is 31.5. The molecule has 0 fully saturated rings. The third-order valence-electron chi connectivity index (χ3n) is 4.93. The average molecular weight is 478 g/mol. The van der Waals surface area contributed by atoms with Crippen LogP contribution >= 0.6 is 12.6 Å². The van der Waals surface area contributed by atoms with Gasteiger partial charge in [-0.05, 0) is 104 Å². The molecule has 0 rings (SSSR count). The Balaban J connectivity index is 3.89. The molecule has 0 aliphatic rings. The van der Waals surface area contributed by atoms with Gasteiger partial charge in [-0.3, -0.25) is 4.79 Å². The molecule has 0 radical (unpaired) electrons. The van der Waals surface area contributed by atoms with Gasteiger partial charge in [-0.1, -0.05) is 0 Å². The highest BCUT2D eigenvalue weighted by Crippen LogP contribution is 1.97. The third-order valence-corrected chi connectivity index (χ3v) is 5.15. The molecule has 0 heterocycles. The average Bonchev–Trinajstić information content (AvgIpc) is 2.80. The van der Waals surface area contributed by atoms with Gasteiger partial charge in [0.05, 0.1) is 6.10 Å². The summed E-state index contributed by atoms with van der Waals surface area (Å²) in [4.78, 5) is 11.8. The first-order chi connectivity index (χ1) is 15.7. The molecule has 1 unspecified atom stereocenters. The van der Waals surface area contributed by atoms with Gasteiger partial charge < -0.3 is 42.8 Å². The van der Waals surface area contributed by atoms with E-state index in [9.17, 15) is 4.79 Å².